The number of amides is 1. The average molecular weight is 327 g/mol. The highest BCUT2D eigenvalue weighted by molar-refractivity contribution is 5.96. The van der Waals surface area contributed by atoms with Gasteiger partial charge in [-0.3, -0.25) is 9.59 Å². The standard InChI is InChI=1S/C17H29NO5/c1-16(2,3)22-14(20)10-12(19)9-13(11-7-8-11)18-15(21)23-17(4,5)6/h11,13H,7-10H2,1-6H3,(H,18,21). The molecule has 0 aromatic rings. The van der Waals surface area contributed by atoms with Crippen molar-refractivity contribution in [2.24, 2.45) is 5.92 Å². The Morgan fingerprint density at radius 3 is 1.96 bits per heavy atom. The van der Waals surface area contributed by atoms with E-state index < -0.39 is 23.3 Å². The van der Waals surface area contributed by atoms with Gasteiger partial charge in [0.2, 0.25) is 0 Å². The van der Waals surface area contributed by atoms with Crippen molar-refractivity contribution < 1.29 is 23.9 Å². The van der Waals surface area contributed by atoms with Crippen LogP contribution in [0.15, 0.2) is 0 Å². The predicted molar refractivity (Wildman–Crippen MR) is 86.0 cm³/mol. The monoisotopic (exact) mass is 327 g/mol. The van der Waals surface area contributed by atoms with Crippen molar-refractivity contribution in [3.8, 4) is 0 Å². The van der Waals surface area contributed by atoms with Crippen molar-refractivity contribution in [3.63, 3.8) is 0 Å². The molecule has 0 aromatic carbocycles. The number of esters is 1. The zero-order valence-electron chi connectivity index (χ0n) is 15.0. The van der Waals surface area contributed by atoms with Crippen molar-refractivity contribution in [3.05, 3.63) is 0 Å². The molecular weight excluding hydrogens is 298 g/mol. The number of carbonyl (C=O) groups is 3. The molecule has 1 unspecified atom stereocenters. The fourth-order valence-electron chi connectivity index (χ4n) is 2.15. The molecule has 0 radical (unpaired) electrons. The lowest BCUT2D eigenvalue weighted by atomic mass is 10.0. The first-order valence-electron chi connectivity index (χ1n) is 8.09. The molecule has 0 aromatic heterocycles. The minimum Gasteiger partial charge on any atom is -0.460 e. The summed E-state index contributed by atoms with van der Waals surface area (Å²) in [5, 5.41) is 2.75. The van der Waals surface area contributed by atoms with E-state index >= 15 is 0 Å². The van der Waals surface area contributed by atoms with E-state index in [9.17, 15) is 14.4 Å². The molecule has 0 saturated heterocycles. The Bertz CT molecular complexity index is 455. The Balaban J connectivity index is 2.48. The molecule has 1 rings (SSSR count). The average Bonchev–Trinajstić information content (AvgIpc) is 3.04. The highest BCUT2D eigenvalue weighted by Crippen LogP contribution is 2.34. The van der Waals surface area contributed by atoms with Crippen molar-refractivity contribution in [2.75, 3.05) is 0 Å². The summed E-state index contributed by atoms with van der Waals surface area (Å²) in [5.41, 5.74) is -1.19. The molecule has 1 amide bonds. The molecule has 1 aliphatic rings. The summed E-state index contributed by atoms with van der Waals surface area (Å²) in [6.45, 7) is 10.6. The molecule has 1 saturated carbocycles. The topological polar surface area (TPSA) is 81.7 Å². The Morgan fingerprint density at radius 1 is 1.00 bits per heavy atom. The maximum absolute atomic E-state index is 12.1. The summed E-state index contributed by atoms with van der Waals surface area (Å²) in [6, 6.07) is -0.278. The first-order chi connectivity index (χ1) is 10.4. The lowest BCUT2D eigenvalue weighted by Crippen LogP contribution is -2.41. The second-order valence-corrected chi connectivity index (χ2v) is 8.10. The molecule has 6 nitrogen and oxygen atoms in total. The third-order valence-electron chi connectivity index (χ3n) is 3.10. The van der Waals surface area contributed by atoms with Gasteiger partial charge in [-0.15, -0.1) is 0 Å². The van der Waals surface area contributed by atoms with Gasteiger partial charge in [-0.25, -0.2) is 4.79 Å². The normalized spacial score (nSPS) is 16.4. The zero-order valence-corrected chi connectivity index (χ0v) is 15.0. The van der Waals surface area contributed by atoms with Gasteiger partial charge in [0, 0.05) is 12.5 Å². The van der Waals surface area contributed by atoms with Crippen molar-refractivity contribution in [1.29, 1.82) is 0 Å². The Kier molecular flexibility index (Phi) is 6.19. The fourth-order valence-corrected chi connectivity index (χ4v) is 2.15. The Labute approximate surface area is 138 Å². The number of alkyl carbamates (subject to hydrolysis) is 1. The smallest absolute Gasteiger partial charge is 0.407 e. The second kappa shape index (κ2) is 7.32. The van der Waals surface area contributed by atoms with Gasteiger partial charge in [-0.1, -0.05) is 0 Å². The summed E-state index contributed by atoms with van der Waals surface area (Å²) >= 11 is 0. The summed E-state index contributed by atoms with van der Waals surface area (Å²) in [7, 11) is 0. The van der Waals surface area contributed by atoms with Gasteiger partial charge in [0.15, 0.2) is 0 Å². The van der Waals surface area contributed by atoms with Gasteiger partial charge in [0.25, 0.3) is 0 Å². The number of rotatable bonds is 6. The second-order valence-electron chi connectivity index (χ2n) is 8.10. The van der Waals surface area contributed by atoms with Gasteiger partial charge in [-0.2, -0.15) is 0 Å². The van der Waals surface area contributed by atoms with E-state index in [0.717, 1.165) is 12.8 Å². The summed E-state index contributed by atoms with van der Waals surface area (Å²) in [5.74, 6) is -0.480. The first-order valence-corrected chi connectivity index (χ1v) is 8.09. The van der Waals surface area contributed by atoms with Crippen molar-refractivity contribution in [1.82, 2.24) is 5.32 Å². The maximum atomic E-state index is 12.1. The lowest BCUT2D eigenvalue weighted by molar-refractivity contribution is -0.156. The van der Waals surface area contributed by atoms with Gasteiger partial charge in [0.1, 0.15) is 23.4 Å². The molecule has 6 heteroatoms. The quantitative estimate of drug-likeness (QED) is 0.599. The number of Topliss-reactive ketones (excluding diaryl/α,β-unsaturated/α-hetero) is 1. The first kappa shape index (κ1) is 19.5. The van der Waals surface area contributed by atoms with Crippen LogP contribution in [0.1, 0.15) is 67.2 Å². The third kappa shape index (κ3) is 9.21. The highest BCUT2D eigenvalue weighted by Gasteiger charge is 2.35. The van der Waals surface area contributed by atoms with Crippen LogP contribution < -0.4 is 5.32 Å². The van der Waals surface area contributed by atoms with Crippen LogP contribution in [0, 0.1) is 5.92 Å². The summed E-state index contributed by atoms with van der Waals surface area (Å²) < 4.78 is 10.4. The maximum Gasteiger partial charge on any atom is 0.407 e. The number of ether oxygens (including phenoxy) is 2. The van der Waals surface area contributed by atoms with Crippen molar-refractivity contribution in [2.45, 2.75) is 84.5 Å². The molecule has 0 spiro atoms. The summed E-state index contributed by atoms with van der Waals surface area (Å²) in [6.07, 6.45) is 1.28. The van der Waals surface area contributed by atoms with Crippen LogP contribution in [0.5, 0.6) is 0 Å². The van der Waals surface area contributed by atoms with E-state index in [1.54, 1.807) is 41.5 Å². The molecule has 1 aliphatic carbocycles. The third-order valence-corrected chi connectivity index (χ3v) is 3.10. The van der Waals surface area contributed by atoms with Gasteiger partial charge in [0.05, 0.1) is 0 Å². The number of hydrogen-bond donors (Lipinski definition) is 1. The molecule has 1 fully saturated rings. The summed E-state index contributed by atoms with van der Waals surface area (Å²) in [4.78, 5) is 35.6. The fraction of sp³-hybridized carbons (Fsp3) is 0.824. The van der Waals surface area contributed by atoms with E-state index in [0.29, 0.717) is 0 Å². The van der Waals surface area contributed by atoms with Crippen LogP contribution in [-0.2, 0) is 19.1 Å². The van der Waals surface area contributed by atoms with Gasteiger partial charge >= 0.3 is 12.1 Å². The van der Waals surface area contributed by atoms with E-state index in [1.807, 2.05) is 0 Å². The largest absolute Gasteiger partial charge is 0.460 e. The Hall–Kier alpha value is -1.59. The van der Waals surface area contributed by atoms with Crippen molar-refractivity contribution >= 4 is 17.8 Å². The molecule has 0 aliphatic heterocycles. The van der Waals surface area contributed by atoms with E-state index in [-0.39, 0.29) is 30.6 Å². The van der Waals surface area contributed by atoms with Crippen LogP contribution in [0.3, 0.4) is 0 Å². The van der Waals surface area contributed by atoms with Crippen LogP contribution >= 0.6 is 0 Å². The SMILES string of the molecule is CC(C)(C)OC(=O)CC(=O)CC(NC(=O)OC(C)(C)C)C1CC1. The van der Waals surface area contributed by atoms with E-state index in [4.69, 9.17) is 9.47 Å². The molecule has 0 heterocycles. The number of nitrogens with one attached hydrogen (secondary N) is 1. The van der Waals surface area contributed by atoms with Crippen LogP contribution in [-0.4, -0.2) is 35.1 Å². The number of hydrogen-bond acceptors (Lipinski definition) is 5. The highest BCUT2D eigenvalue weighted by atomic mass is 16.6. The van der Waals surface area contributed by atoms with Crippen LogP contribution in [0.25, 0.3) is 0 Å². The van der Waals surface area contributed by atoms with Crippen LogP contribution in [0.4, 0.5) is 4.79 Å². The Morgan fingerprint density at radius 2 is 1.52 bits per heavy atom. The van der Waals surface area contributed by atoms with Gasteiger partial charge < -0.3 is 14.8 Å². The molecule has 23 heavy (non-hydrogen) atoms. The molecule has 1 atom stereocenters. The minimum atomic E-state index is -0.609. The molecule has 0 bridgehead atoms. The zero-order chi connectivity index (χ0) is 17.8. The molecule has 132 valence electrons. The predicted octanol–water partition coefficient (Wildman–Crippen LogP) is 2.98. The molecular formula is C17H29NO5. The lowest BCUT2D eigenvalue weighted by Gasteiger charge is -2.23. The number of carbonyl (C=O) groups excluding carboxylic acids is 3. The van der Waals surface area contributed by atoms with Gasteiger partial charge in [-0.05, 0) is 60.3 Å². The van der Waals surface area contributed by atoms with Crippen LogP contribution in [0.2, 0.25) is 0 Å². The number of ketones is 1. The van der Waals surface area contributed by atoms with E-state index in [1.165, 1.54) is 0 Å². The van der Waals surface area contributed by atoms with E-state index in [2.05, 4.69) is 5.32 Å². The molecule has 1 N–H and O–H groups in total. The minimum absolute atomic E-state index is 0.128.